The van der Waals surface area contributed by atoms with Crippen LogP contribution in [0.2, 0.25) is 0 Å². The molecule has 0 saturated heterocycles. The third-order valence-electron chi connectivity index (χ3n) is 0.167. The summed E-state index contributed by atoms with van der Waals surface area (Å²) in [4.78, 5) is 36.0. The van der Waals surface area contributed by atoms with Gasteiger partial charge in [0, 0.05) is 40.8 Å². The number of carbonyl (C=O) groups is 4. The van der Waals surface area contributed by atoms with Gasteiger partial charge in [0.25, 0.3) is 23.9 Å². The Kier molecular flexibility index (Phi) is 192. The molecule has 0 heterocycles. The summed E-state index contributed by atoms with van der Waals surface area (Å²) in [6.07, 6.45) is 0. The molecule has 16 heteroatoms. The van der Waals surface area contributed by atoms with Crippen LogP contribution in [0.4, 0.5) is 0 Å². The Hall–Kier alpha value is 2.59. The number of carboxylic acids is 4. The van der Waals surface area contributed by atoms with E-state index in [1.54, 1.807) is 0 Å². The molecule has 152 valence electrons. The van der Waals surface area contributed by atoms with E-state index in [0.29, 0.717) is 13.1 Å². The normalized spacial score (nSPS) is 5.00. The molecule has 0 aliphatic heterocycles. The van der Waals surface area contributed by atoms with Crippen LogP contribution in [-0.2, 0) is 19.2 Å². The third kappa shape index (κ3) is 1350. The van der Waals surface area contributed by atoms with Gasteiger partial charge in [-0.15, -0.1) is 0 Å². The van der Waals surface area contributed by atoms with Crippen molar-refractivity contribution in [3.05, 3.63) is 0 Å². The van der Waals surface area contributed by atoms with Crippen molar-refractivity contribution in [3.63, 3.8) is 0 Å². The molecule has 0 spiro atoms. The monoisotopic (exact) mass is 474 g/mol. The summed E-state index contributed by atoms with van der Waals surface area (Å²) in [5, 5.41) is 29.7. The summed E-state index contributed by atoms with van der Waals surface area (Å²) >= 11 is 0. The average Bonchev–Trinajstić information content (AvgIpc) is 2.13. The van der Waals surface area contributed by atoms with Crippen LogP contribution in [0.1, 0.15) is 27.7 Å². The Bertz CT molecular complexity index is 207. The molecule has 0 saturated carbocycles. The van der Waals surface area contributed by atoms with Gasteiger partial charge in [0.2, 0.25) is 0 Å². The molecule has 0 radical (unpaired) electrons. The number of carboxylic acid groups (broad SMARTS) is 4. The quantitative estimate of drug-likeness (QED) is 0.196. The fourth-order valence-corrected chi connectivity index (χ4v) is 0. The van der Waals surface area contributed by atoms with Gasteiger partial charge in [0.05, 0.1) is 0 Å². The van der Waals surface area contributed by atoms with E-state index >= 15 is 0 Å². The van der Waals surface area contributed by atoms with Crippen LogP contribution in [-0.4, -0.2) is 228 Å². The third-order valence-corrected chi connectivity index (χ3v) is 0.167. The molecular weight excluding hydrogens is 441 g/mol. The molecule has 0 aliphatic carbocycles. The van der Waals surface area contributed by atoms with Crippen molar-refractivity contribution in [3.8, 4) is 0 Å². The van der Waals surface area contributed by atoms with Gasteiger partial charge in [0.1, 0.15) is 0 Å². The number of rotatable bonds is 1. The van der Waals surface area contributed by atoms with Crippen LogP contribution >= 0.6 is 0 Å². The van der Waals surface area contributed by atoms with E-state index in [-0.39, 0.29) is 171 Å². The van der Waals surface area contributed by atoms with E-state index in [2.05, 4.69) is 0 Å². The van der Waals surface area contributed by atoms with Crippen molar-refractivity contribution in [1.82, 2.24) is 0 Å². The van der Waals surface area contributed by atoms with Crippen molar-refractivity contribution >= 4 is 178 Å². The Morgan fingerprint density at radius 3 is 0.577 bits per heavy atom. The Labute approximate surface area is 280 Å². The number of hydrogen-bond donors (Lipinski definition) is 6. The fraction of sp³-hybridized carbons (Fsp3) is 0.600. The summed E-state index contributed by atoms with van der Waals surface area (Å²) in [6.45, 7) is 5.53. The summed E-state index contributed by atoms with van der Waals surface area (Å²) in [5.74, 6) is -3.33. The van der Waals surface area contributed by atoms with Crippen LogP contribution in [0.3, 0.4) is 0 Å². The molecule has 0 atom stereocenters. The maximum absolute atomic E-state index is 9.00. The van der Waals surface area contributed by atoms with Gasteiger partial charge in [-0.05, 0) is 0 Å². The molecule has 0 amide bonds. The Morgan fingerprint density at radius 2 is 0.577 bits per heavy atom. The second-order valence-electron chi connectivity index (χ2n) is 2.65. The van der Waals surface area contributed by atoms with Crippen molar-refractivity contribution in [1.29, 1.82) is 0 Å². The van der Waals surface area contributed by atoms with E-state index in [1.165, 1.54) is 0 Å². The number of aliphatic carboxylic acids is 4. The maximum atomic E-state index is 9.00. The topological polar surface area (TPSA) is 296 Å². The van der Waals surface area contributed by atoms with Crippen LogP contribution < -0.4 is 11.5 Å². The number of hydrogen-bond acceptors (Lipinski definition) is 6. The van der Waals surface area contributed by atoms with Crippen molar-refractivity contribution in [2.75, 3.05) is 13.1 Å². The molecule has 26 heavy (non-hydrogen) atoms. The van der Waals surface area contributed by atoms with Gasteiger partial charge in [0.15, 0.2) is 0 Å². The van der Waals surface area contributed by atoms with Gasteiger partial charge in [-0.2, -0.15) is 0 Å². The van der Waals surface area contributed by atoms with Gasteiger partial charge >= 0.3 is 154 Å². The fourth-order valence-electron chi connectivity index (χ4n) is 0. The van der Waals surface area contributed by atoms with E-state index in [9.17, 15) is 0 Å². The predicted molar refractivity (Wildman–Crippen MR) is 104 cm³/mol. The first-order valence-corrected chi connectivity index (χ1v) is 5.03. The molecule has 0 aromatic carbocycles. The van der Waals surface area contributed by atoms with Crippen molar-refractivity contribution in [2.24, 2.45) is 11.5 Å². The molecule has 0 rings (SSSR count). The molecular formula is C10H33K3N2O11. The zero-order valence-electron chi connectivity index (χ0n) is 13.5. The summed E-state index contributed by atoms with van der Waals surface area (Å²) in [5.41, 5.74) is 9.81. The van der Waals surface area contributed by atoms with Crippen LogP contribution in [0, 0.1) is 0 Å². The average molecular weight is 475 g/mol. The SMILES string of the molecule is CC(=O)O.CC(=O)O.CC(=O)O.CC(=O)O.NCCN.O.O.O.[KH].[KH].[KH]. The van der Waals surface area contributed by atoms with Gasteiger partial charge in [-0.3, -0.25) is 19.2 Å². The van der Waals surface area contributed by atoms with E-state index in [1.807, 2.05) is 0 Å². The molecule has 0 unspecified atom stereocenters. The molecule has 0 aliphatic rings. The first kappa shape index (κ1) is 70.3. The first-order valence-electron chi connectivity index (χ1n) is 5.03. The van der Waals surface area contributed by atoms with Crippen LogP contribution in [0.25, 0.3) is 0 Å². The van der Waals surface area contributed by atoms with Crippen LogP contribution in [0.5, 0.6) is 0 Å². The standard InChI is InChI=1S/C2H8N2.4C2H4O2.3K.3H2O.3H/c3-1-2-4;4*1-2(3)4;;;;;;;;;/h1-4H2;4*1H3,(H,3,4);;;;3*1H2;;;. The summed E-state index contributed by atoms with van der Waals surface area (Å²) in [7, 11) is 0. The van der Waals surface area contributed by atoms with Crippen LogP contribution in [0.15, 0.2) is 0 Å². The predicted octanol–water partition coefficient (Wildman–Crippen LogP) is -5.15. The van der Waals surface area contributed by atoms with Gasteiger partial charge in [-0.25, -0.2) is 0 Å². The molecule has 0 fully saturated rings. The zero-order chi connectivity index (χ0) is 17.7. The Balaban J connectivity index is -0.0000000114. The van der Waals surface area contributed by atoms with E-state index < -0.39 is 23.9 Å². The molecule has 14 N–H and O–H groups in total. The minimum atomic E-state index is -0.833. The second kappa shape index (κ2) is 70.9. The molecule has 13 nitrogen and oxygen atoms in total. The van der Waals surface area contributed by atoms with Gasteiger partial charge < -0.3 is 48.3 Å². The zero-order valence-corrected chi connectivity index (χ0v) is 13.5. The Morgan fingerprint density at radius 1 is 0.538 bits per heavy atom. The number of nitrogens with two attached hydrogens (primary N) is 2. The summed E-state index contributed by atoms with van der Waals surface area (Å²) < 4.78 is 0. The van der Waals surface area contributed by atoms with E-state index in [4.69, 9.17) is 51.1 Å². The second-order valence-corrected chi connectivity index (χ2v) is 2.65. The molecule has 0 aromatic heterocycles. The first-order chi connectivity index (χ1) is 8.84. The molecule has 0 bridgehead atoms. The molecule has 0 aromatic rings. The van der Waals surface area contributed by atoms with E-state index in [0.717, 1.165) is 27.7 Å². The summed E-state index contributed by atoms with van der Waals surface area (Å²) in [6, 6.07) is 0. The van der Waals surface area contributed by atoms with Crippen molar-refractivity contribution < 1.29 is 56.0 Å². The van der Waals surface area contributed by atoms with Crippen molar-refractivity contribution in [2.45, 2.75) is 27.7 Å². The van der Waals surface area contributed by atoms with Gasteiger partial charge in [-0.1, -0.05) is 0 Å². The minimum absolute atomic E-state index is 0.